The van der Waals surface area contributed by atoms with Gasteiger partial charge in [-0.1, -0.05) is 116 Å². The van der Waals surface area contributed by atoms with Gasteiger partial charge in [-0.15, -0.1) is 0 Å². The van der Waals surface area contributed by atoms with Crippen molar-refractivity contribution in [1.29, 1.82) is 0 Å². The number of nitrogens with one attached hydrogen (secondary N) is 2. The summed E-state index contributed by atoms with van der Waals surface area (Å²) in [6.07, 6.45) is 27.0. The Morgan fingerprint density at radius 3 is 2.62 bits per heavy atom. The Bertz CT molecular complexity index is 1920. The zero-order chi connectivity index (χ0) is 31.1. The number of fused-ring (bicyclic) bond motifs is 5. The lowest BCUT2D eigenvalue weighted by Crippen LogP contribution is -2.57. The molecule has 5 heteroatoms. The van der Waals surface area contributed by atoms with E-state index in [4.69, 9.17) is 14.9 Å². The summed E-state index contributed by atoms with van der Waals surface area (Å²) >= 11 is 0. The molecule has 0 saturated carbocycles. The van der Waals surface area contributed by atoms with E-state index in [1.807, 2.05) is 79.8 Å². The van der Waals surface area contributed by atoms with Crippen LogP contribution in [0.5, 0.6) is 5.75 Å². The van der Waals surface area contributed by atoms with Gasteiger partial charge in [0.05, 0.1) is 0 Å². The summed E-state index contributed by atoms with van der Waals surface area (Å²) < 4.78 is 12.6. The van der Waals surface area contributed by atoms with Gasteiger partial charge in [0, 0.05) is 22.9 Å². The zero-order valence-electron chi connectivity index (χ0n) is 25.6. The first-order valence-electron chi connectivity index (χ1n) is 15.4. The Hall–Kier alpha value is -4.94. The van der Waals surface area contributed by atoms with Crippen LogP contribution < -0.4 is 21.3 Å². The van der Waals surface area contributed by atoms with E-state index in [-0.39, 0.29) is 0 Å². The fourth-order valence-electron chi connectivity index (χ4n) is 5.73. The minimum Gasteiger partial charge on any atom is -0.454 e. The Morgan fingerprint density at radius 1 is 0.933 bits per heavy atom. The summed E-state index contributed by atoms with van der Waals surface area (Å²) in [6, 6.07) is 20.7. The molecule has 0 radical (unpaired) electrons. The van der Waals surface area contributed by atoms with Crippen LogP contribution >= 0.6 is 0 Å². The monoisotopic (exact) mass is 593 g/mol. The van der Waals surface area contributed by atoms with Gasteiger partial charge in [0.2, 0.25) is 0 Å². The molecule has 0 fully saturated rings. The van der Waals surface area contributed by atoms with E-state index >= 15 is 0 Å². The van der Waals surface area contributed by atoms with Crippen LogP contribution in [0.25, 0.3) is 21.9 Å². The third kappa shape index (κ3) is 6.76. The predicted octanol–water partition coefficient (Wildman–Crippen LogP) is 8.89. The number of hydrogen-bond donors (Lipinski definition) is 3. The second-order valence-electron chi connectivity index (χ2n) is 11.3. The van der Waals surface area contributed by atoms with Gasteiger partial charge in [-0.25, -0.2) is 5.43 Å². The Morgan fingerprint density at radius 2 is 1.80 bits per heavy atom. The number of hydrazine groups is 1. The van der Waals surface area contributed by atoms with Gasteiger partial charge in [0.25, 0.3) is 0 Å². The molecular weight excluding hydrogens is 554 g/mol. The maximum Gasteiger partial charge on any atom is 0.178 e. The molecule has 0 saturated heterocycles. The molecule has 4 N–H and O–H groups in total. The van der Waals surface area contributed by atoms with Crippen LogP contribution in [-0.2, 0) is 18.6 Å². The van der Waals surface area contributed by atoms with Crippen LogP contribution in [0, 0.1) is 0 Å². The summed E-state index contributed by atoms with van der Waals surface area (Å²) in [5.41, 5.74) is 20.3. The smallest absolute Gasteiger partial charge is 0.178 e. The van der Waals surface area contributed by atoms with E-state index in [9.17, 15) is 0 Å². The van der Waals surface area contributed by atoms with Gasteiger partial charge in [-0.05, 0) is 72.7 Å². The van der Waals surface area contributed by atoms with E-state index in [0.29, 0.717) is 23.6 Å². The number of benzene rings is 3. The van der Waals surface area contributed by atoms with Crippen molar-refractivity contribution < 1.29 is 9.15 Å². The first-order chi connectivity index (χ1) is 22.0. The van der Waals surface area contributed by atoms with Crippen molar-refractivity contribution in [2.75, 3.05) is 0 Å². The molecule has 1 aliphatic carbocycles. The van der Waals surface area contributed by atoms with Gasteiger partial charge in [-0.3, -0.25) is 5.43 Å². The summed E-state index contributed by atoms with van der Waals surface area (Å²) in [5.74, 6) is 1.26. The topological polar surface area (TPSA) is 72.5 Å². The summed E-state index contributed by atoms with van der Waals surface area (Å²) in [7, 11) is 0. The molecule has 1 unspecified atom stereocenters. The maximum absolute atomic E-state index is 7.36. The molecule has 1 aromatic heterocycles. The number of nitrogens with two attached hydrogens (primary N) is 1. The molecule has 226 valence electrons. The average molecular weight is 594 g/mol. The fourth-order valence-corrected chi connectivity index (χ4v) is 5.73. The van der Waals surface area contributed by atoms with Crippen molar-refractivity contribution in [3.8, 4) is 5.75 Å². The lowest BCUT2D eigenvalue weighted by molar-refractivity contribution is 0.330. The van der Waals surface area contributed by atoms with Crippen molar-refractivity contribution in [2.24, 2.45) is 5.73 Å². The normalized spacial score (nSPS) is 18.3. The highest BCUT2D eigenvalue weighted by Gasteiger charge is 2.33. The largest absolute Gasteiger partial charge is 0.454 e. The summed E-state index contributed by atoms with van der Waals surface area (Å²) in [4.78, 5) is 0. The molecular formula is C40H39N3O2. The Balaban J connectivity index is 1.38. The van der Waals surface area contributed by atoms with Gasteiger partial charge in [0.1, 0.15) is 17.0 Å². The number of rotatable bonds is 9. The molecule has 4 aromatic rings. The Kier molecular flexibility index (Phi) is 9.22. The maximum atomic E-state index is 7.36. The number of allylic oxidation sites excluding steroid dienone is 13. The average Bonchev–Trinajstić information content (AvgIpc) is 3.47. The van der Waals surface area contributed by atoms with E-state index < -0.39 is 5.66 Å². The minimum absolute atomic E-state index is 0.562. The first kappa shape index (κ1) is 30.1. The first-order valence-corrected chi connectivity index (χ1v) is 15.4. The highest BCUT2D eigenvalue weighted by atomic mass is 16.5. The molecule has 5 nitrogen and oxygen atoms in total. The minimum atomic E-state index is -0.966. The van der Waals surface area contributed by atoms with Gasteiger partial charge in [0.15, 0.2) is 11.3 Å². The van der Waals surface area contributed by atoms with Crippen LogP contribution in [0.4, 0.5) is 0 Å². The number of furan rings is 1. The van der Waals surface area contributed by atoms with Crippen molar-refractivity contribution in [2.45, 2.75) is 38.4 Å². The van der Waals surface area contributed by atoms with Crippen LogP contribution in [-0.4, -0.2) is 0 Å². The molecule has 2 heterocycles. The molecule has 3 aromatic carbocycles. The third-order valence-electron chi connectivity index (χ3n) is 8.18. The second-order valence-corrected chi connectivity index (χ2v) is 11.3. The molecule has 0 spiro atoms. The zero-order valence-corrected chi connectivity index (χ0v) is 25.6. The molecule has 1 aliphatic heterocycles. The Labute approximate surface area is 265 Å². The van der Waals surface area contributed by atoms with E-state index in [2.05, 4.69) is 78.1 Å². The molecule has 1 atom stereocenters. The van der Waals surface area contributed by atoms with E-state index in [1.54, 1.807) is 0 Å². The van der Waals surface area contributed by atoms with Gasteiger partial charge >= 0.3 is 0 Å². The van der Waals surface area contributed by atoms with Crippen molar-refractivity contribution in [3.05, 3.63) is 174 Å². The van der Waals surface area contributed by atoms with Crippen molar-refractivity contribution >= 4 is 21.9 Å². The molecule has 45 heavy (non-hydrogen) atoms. The summed E-state index contributed by atoms with van der Waals surface area (Å²) in [5, 5.41) is 1.95. The molecule has 0 amide bonds. The summed E-state index contributed by atoms with van der Waals surface area (Å²) in [6.45, 7) is 6.70. The highest BCUT2D eigenvalue weighted by molar-refractivity contribution is 6.07. The predicted molar refractivity (Wildman–Crippen MR) is 186 cm³/mol. The number of hydrogen-bond acceptors (Lipinski definition) is 5. The van der Waals surface area contributed by atoms with Crippen LogP contribution in [0.3, 0.4) is 0 Å². The SMILES string of the molecule is C=C1/C=C\C=C/Cc2ccc3c(oc4ccc(C(N)(NNCc5ccccc5)C5=CC=C(/C=C/C=C\C=C/C)CC5)cc43)c2O1. The van der Waals surface area contributed by atoms with Crippen LogP contribution in [0.15, 0.2) is 161 Å². The third-order valence-corrected chi connectivity index (χ3v) is 8.18. The second kappa shape index (κ2) is 13.8. The molecule has 6 rings (SSSR count). The number of ether oxygens (including phenoxy) is 1. The quantitative estimate of drug-likeness (QED) is 0.103. The van der Waals surface area contributed by atoms with Gasteiger partial charge in [-0.2, -0.15) is 0 Å². The van der Waals surface area contributed by atoms with E-state index in [0.717, 1.165) is 57.9 Å². The van der Waals surface area contributed by atoms with Gasteiger partial charge < -0.3 is 14.9 Å². The van der Waals surface area contributed by atoms with Crippen LogP contribution in [0.1, 0.15) is 36.5 Å². The molecule has 2 aliphatic rings. The van der Waals surface area contributed by atoms with Crippen molar-refractivity contribution in [1.82, 2.24) is 10.9 Å². The molecule has 0 bridgehead atoms. The highest BCUT2D eigenvalue weighted by Crippen LogP contribution is 2.41. The standard InChI is InChI=1S/C40H39N3O2/c1-3-4-5-6-10-15-30-19-22-33(23-20-30)40(41,43-42-28-31-16-11-8-12-17-31)34-24-26-37-36(27-34)35-25-21-32-18-13-7-9-14-29(2)44-38(32)39(35)45-37/h3-17,19,21-22,24-27,42-43H,2,18,20,23,28,41H2,1H3/b4-3-,6-5-,13-7-,14-9-,15-10+. The lowest BCUT2D eigenvalue weighted by atomic mass is 9.84. The van der Waals surface area contributed by atoms with Crippen molar-refractivity contribution in [3.63, 3.8) is 0 Å². The lowest BCUT2D eigenvalue weighted by Gasteiger charge is -2.35. The van der Waals surface area contributed by atoms with Crippen LogP contribution in [0.2, 0.25) is 0 Å². The fraction of sp³-hybridized carbons (Fsp3) is 0.150. The van der Waals surface area contributed by atoms with E-state index in [1.165, 1.54) is 5.57 Å².